The van der Waals surface area contributed by atoms with Gasteiger partial charge in [0.2, 0.25) is 0 Å². The molecule has 1 aliphatic carbocycles. The highest BCUT2D eigenvalue weighted by Gasteiger charge is 2.24. The maximum absolute atomic E-state index is 12.2. The molecule has 1 heterocycles. The molecule has 108 valence electrons. The van der Waals surface area contributed by atoms with Crippen molar-refractivity contribution < 1.29 is 4.79 Å². The number of carbonyl (C=O) groups is 1. The number of halogens is 1. The summed E-state index contributed by atoms with van der Waals surface area (Å²) in [6.45, 7) is 2.44. The molecule has 1 aromatic heterocycles. The molecule has 19 heavy (non-hydrogen) atoms. The maximum Gasteiger partial charge on any atom is 0.253 e. The van der Waals surface area contributed by atoms with Crippen molar-refractivity contribution in [3.05, 3.63) is 23.5 Å². The molecule has 1 aliphatic rings. The molecular weight excluding hydrogens is 262 g/mol. The van der Waals surface area contributed by atoms with E-state index in [-0.39, 0.29) is 24.4 Å². The fraction of sp³-hybridized carbons (Fsp3) is 0.643. The van der Waals surface area contributed by atoms with Gasteiger partial charge in [-0.15, -0.1) is 12.4 Å². The summed E-state index contributed by atoms with van der Waals surface area (Å²) in [5, 5.41) is 3.10. The number of hydrogen-bond donors (Lipinski definition) is 3. The van der Waals surface area contributed by atoms with Crippen molar-refractivity contribution in [2.24, 2.45) is 11.7 Å². The Morgan fingerprint density at radius 2 is 2.16 bits per heavy atom. The van der Waals surface area contributed by atoms with Crippen LogP contribution in [0.2, 0.25) is 0 Å². The first kappa shape index (κ1) is 16.1. The fourth-order valence-corrected chi connectivity index (χ4v) is 2.85. The number of carbonyl (C=O) groups excluding carboxylic acids is 1. The first-order valence-electron chi connectivity index (χ1n) is 6.87. The van der Waals surface area contributed by atoms with Gasteiger partial charge in [-0.1, -0.05) is 19.3 Å². The van der Waals surface area contributed by atoms with E-state index in [0.717, 1.165) is 11.3 Å². The van der Waals surface area contributed by atoms with Crippen LogP contribution in [-0.2, 0) is 0 Å². The van der Waals surface area contributed by atoms with Crippen LogP contribution in [0.3, 0.4) is 0 Å². The van der Waals surface area contributed by atoms with Crippen LogP contribution in [0.25, 0.3) is 0 Å². The van der Waals surface area contributed by atoms with E-state index in [1.807, 2.05) is 13.0 Å². The molecule has 1 aromatic rings. The molecule has 0 aromatic carbocycles. The summed E-state index contributed by atoms with van der Waals surface area (Å²) in [4.78, 5) is 15.2. The first-order chi connectivity index (χ1) is 8.72. The topological polar surface area (TPSA) is 70.9 Å². The lowest BCUT2D eigenvalue weighted by atomic mass is 9.84. The zero-order valence-corrected chi connectivity index (χ0v) is 12.3. The molecule has 4 nitrogen and oxygen atoms in total. The third-order valence-corrected chi connectivity index (χ3v) is 3.99. The van der Waals surface area contributed by atoms with Gasteiger partial charge < -0.3 is 16.0 Å². The van der Waals surface area contributed by atoms with E-state index < -0.39 is 0 Å². The molecule has 0 aliphatic heterocycles. The standard InChI is InChI=1S/C14H23N3O.ClH/c1-10-12(7-8-16-10)14(18)17-13(9-15)11-5-3-2-4-6-11;/h7-8,11,13,16H,2-6,9,15H2,1H3,(H,17,18);1H. The van der Waals surface area contributed by atoms with Gasteiger partial charge >= 0.3 is 0 Å². The Labute approximate surface area is 120 Å². The Bertz CT molecular complexity index is 399. The Balaban J connectivity index is 0.00000180. The monoisotopic (exact) mass is 285 g/mol. The Morgan fingerprint density at radius 3 is 2.68 bits per heavy atom. The molecule has 1 fully saturated rings. The summed E-state index contributed by atoms with van der Waals surface area (Å²) < 4.78 is 0. The van der Waals surface area contributed by atoms with Gasteiger partial charge in [-0.25, -0.2) is 0 Å². The summed E-state index contributed by atoms with van der Waals surface area (Å²) in [6, 6.07) is 1.94. The van der Waals surface area contributed by atoms with Crippen LogP contribution in [0.15, 0.2) is 12.3 Å². The predicted molar refractivity (Wildman–Crippen MR) is 79.7 cm³/mol. The molecule has 0 bridgehead atoms. The smallest absolute Gasteiger partial charge is 0.253 e. The highest BCUT2D eigenvalue weighted by atomic mass is 35.5. The Kier molecular flexibility index (Phi) is 6.38. The number of aryl methyl sites for hydroxylation is 1. The second kappa shape index (κ2) is 7.56. The summed E-state index contributed by atoms with van der Waals surface area (Å²) >= 11 is 0. The third-order valence-electron chi connectivity index (χ3n) is 3.99. The van der Waals surface area contributed by atoms with Crippen molar-refractivity contribution in [1.82, 2.24) is 10.3 Å². The lowest BCUT2D eigenvalue weighted by molar-refractivity contribution is 0.0915. The highest BCUT2D eigenvalue weighted by Crippen LogP contribution is 2.26. The van der Waals surface area contributed by atoms with Crippen LogP contribution in [0.1, 0.15) is 48.2 Å². The molecule has 5 heteroatoms. The summed E-state index contributed by atoms with van der Waals surface area (Å²) in [6.07, 6.45) is 8.02. The van der Waals surface area contributed by atoms with Gasteiger partial charge in [0.05, 0.1) is 5.56 Å². The summed E-state index contributed by atoms with van der Waals surface area (Å²) in [5.74, 6) is 0.543. The molecule has 1 unspecified atom stereocenters. The van der Waals surface area contributed by atoms with Crippen molar-refractivity contribution in [2.75, 3.05) is 6.54 Å². The van der Waals surface area contributed by atoms with Crippen molar-refractivity contribution in [2.45, 2.75) is 45.1 Å². The number of amides is 1. The maximum atomic E-state index is 12.2. The molecule has 1 amide bonds. The first-order valence-corrected chi connectivity index (χ1v) is 6.87. The number of aromatic nitrogens is 1. The van der Waals surface area contributed by atoms with Crippen LogP contribution in [0, 0.1) is 12.8 Å². The second-order valence-corrected chi connectivity index (χ2v) is 5.23. The molecule has 4 N–H and O–H groups in total. The number of H-pyrrole nitrogens is 1. The third kappa shape index (κ3) is 3.98. The van der Waals surface area contributed by atoms with Crippen LogP contribution in [0.4, 0.5) is 0 Å². The van der Waals surface area contributed by atoms with Crippen LogP contribution >= 0.6 is 12.4 Å². The second-order valence-electron chi connectivity index (χ2n) is 5.23. The molecule has 0 radical (unpaired) electrons. The van der Waals surface area contributed by atoms with Crippen molar-refractivity contribution >= 4 is 18.3 Å². The van der Waals surface area contributed by atoms with Gasteiger partial charge in [-0.2, -0.15) is 0 Å². The quantitative estimate of drug-likeness (QED) is 0.795. The molecule has 1 atom stereocenters. The molecule has 1 saturated carbocycles. The highest BCUT2D eigenvalue weighted by molar-refractivity contribution is 5.95. The van der Waals surface area contributed by atoms with Crippen LogP contribution in [0.5, 0.6) is 0 Å². The van der Waals surface area contributed by atoms with E-state index in [4.69, 9.17) is 5.73 Å². The number of rotatable bonds is 4. The molecule has 2 rings (SSSR count). The summed E-state index contributed by atoms with van der Waals surface area (Å²) in [5.41, 5.74) is 7.46. The number of hydrogen-bond acceptors (Lipinski definition) is 2. The lowest BCUT2D eigenvalue weighted by Gasteiger charge is -2.30. The van der Waals surface area contributed by atoms with E-state index in [9.17, 15) is 4.79 Å². The van der Waals surface area contributed by atoms with Crippen molar-refractivity contribution in [3.63, 3.8) is 0 Å². The van der Waals surface area contributed by atoms with Crippen LogP contribution < -0.4 is 11.1 Å². The minimum absolute atomic E-state index is 0. The van der Waals surface area contributed by atoms with Gasteiger partial charge in [-0.3, -0.25) is 4.79 Å². The van der Waals surface area contributed by atoms with Gasteiger partial charge in [0.1, 0.15) is 0 Å². The van der Waals surface area contributed by atoms with Gasteiger partial charge in [-0.05, 0) is 31.7 Å². The van der Waals surface area contributed by atoms with Crippen LogP contribution in [-0.4, -0.2) is 23.5 Å². The van der Waals surface area contributed by atoms with E-state index >= 15 is 0 Å². The van der Waals surface area contributed by atoms with E-state index in [1.54, 1.807) is 6.20 Å². The average molecular weight is 286 g/mol. The SMILES string of the molecule is Cc1[nH]ccc1C(=O)NC(CN)C1CCCCC1.Cl. The van der Waals surface area contributed by atoms with Gasteiger partial charge in [0.25, 0.3) is 5.91 Å². The van der Waals surface area contributed by atoms with Gasteiger partial charge in [0.15, 0.2) is 0 Å². The number of aromatic amines is 1. The average Bonchev–Trinajstić information content (AvgIpc) is 2.83. The fourth-order valence-electron chi connectivity index (χ4n) is 2.85. The Morgan fingerprint density at radius 1 is 1.47 bits per heavy atom. The van der Waals surface area contributed by atoms with Crippen molar-refractivity contribution in [1.29, 1.82) is 0 Å². The van der Waals surface area contributed by atoms with Gasteiger partial charge in [0, 0.05) is 24.5 Å². The zero-order valence-electron chi connectivity index (χ0n) is 11.4. The van der Waals surface area contributed by atoms with Crippen molar-refractivity contribution in [3.8, 4) is 0 Å². The minimum atomic E-state index is -0.00484. The van der Waals surface area contributed by atoms with E-state index in [1.165, 1.54) is 32.1 Å². The largest absolute Gasteiger partial charge is 0.365 e. The predicted octanol–water partition coefficient (Wildman–Crippen LogP) is 2.38. The number of nitrogens with two attached hydrogens (primary N) is 1. The zero-order chi connectivity index (χ0) is 13.0. The molecular formula is C14H24ClN3O. The summed E-state index contributed by atoms with van der Waals surface area (Å²) in [7, 11) is 0. The minimum Gasteiger partial charge on any atom is -0.365 e. The van der Waals surface area contributed by atoms with E-state index in [2.05, 4.69) is 10.3 Å². The molecule has 0 spiro atoms. The normalized spacial score (nSPS) is 17.6. The number of nitrogens with one attached hydrogen (secondary N) is 2. The lowest BCUT2D eigenvalue weighted by Crippen LogP contribution is -2.46. The Hall–Kier alpha value is -1.00. The van der Waals surface area contributed by atoms with E-state index in [0.29, 0.717) is 12.5 Å². The molecule has 0 saturated heterocycles.